The highest BCUT2D eigenvalue weighted by atomic mass is 32.1. The Morgan fingerprint density at radius 3 is 2.59 bits per heavy atom. The monoisotopic (exact) mass is 458 g/mol. The fraction of sp³-hybridized carbons (Fsp3) is 0.261. The highest BCUT2D eigenvalue weighted by Crippen LogP contribution is 2.32. The predicted molar refractivity (Wildman–Crippen MR) is 119 cm³/mol. The smallest absolute Gasteiger partial charge is 0.337 e. The van der Waals surface area contributed by atoms with Gasteiger partial charge in [0.25, 0.3) is 5.91 Å². The molecule has 0 fully saturated rings. The van der Waals surface area contributed by atoms with Crippen molar-refractivity contribution in [2.45, 2.75) is 32.5 Å². The molecule has 0 unspecified atom stereocenters. The first-order valence-corrected chi connectivity index (χ1v) is 11.0. The van der Waals surface area contributed by atoms with Crippen LogP contribution in [0.25, 0.3) is 10.2 Å². The second-order valence-electron chi connectivity index (χ2n) is 7.34. The summed E-state index contributed by atoms with van der Waals surface area (Å²) in [6, 6.07) is 10.3. The van der Waals surface area contributed by atoms with Gasteiger partial charge in [0.05, 0.1) is 22.1 Å². The number of thiazole rings is 1. The van der Waals surface area contributed by atoms with Gasteiger partial charge in [-0.1, -0.05) is 24.3 Å². The summed E-state index contributed by atoms with van der Waals surface area (Å²) in [7, 11) is 0. The molecule has 32 heavy (non-hydrogen) atoms. The Morgan fingerprint density at radius 2 is 1.94 bits per heavy atom. The fourth-order valence-corrected chi connectivity index (χ4v) is 4.42. The van der Waals surface area contributed by atoms with Crippen LogP contribution in [-0.4, -0.2) is 27.0 Å². The lowest BCUT2D eigenvalue weighted by molar-refractivity contribution is -0.137. The summed E-state index contributed by atoms with van der Waals surface area (Å²) in [5, 5.41) is 0.531. The van der Waals surface area contributed by atoms with E-state index in [-0.39, 0.29) is 11.5 Å². The molecule has 9 heteroatoms. The van der Waals surface area contributed by atoms with Gasteiger partial charge in [0, 0.05) is 31.0 Å². The van der Waals surface area contributed by atoms with Crippen molar-refractivity contribution in [3.63, 3.8) is 0 Å². The molecular formula is C23H21F3N4OS. The highest BCUT2D eigenvalue weighted by molar-refractivity contribution is 7.22. The van der Waals surface area contributed by atoms with Crippen LogP contribution in [0.5, 0.6) is 0 Å². The molecule has 2 aromatic carbocycles. The van der Waals surface area contributed by atoms with Crippen LogP contribution in [-0.2, 0) is 19.1 Å². The summed E-state index contributed by atoms with van der Waals surface area (Å²) in [6.07, 6.45) is 2.30. The van der Waals surface area contributed by atoms with Gasteiger partial charge in [0.2, 0.25) is 0 Å². The molecule has 5 nitrogen and oxygen atoms in total. The van der Waals surface area contributed by atoms with Crippen LogP contribution in [0.15, 0.2) is 61.2 Å². The van der Waals surface area contributed by atoms with E-state index in [1.807, 2.05) is 22.9 Å². The van der Waals surface area contributed by atoms with Crippen LogP contribution in [0.1, 0.15) is 34.8 Å². The second-order valence-corrected chi connectivity index (χ2v) is 8.35. The van der Waals surface area contributed by atoms with Crippen LogP contribution in [0.3, 0.4) is 0 Å². The molecule has 4 aromatic rings. The number of carbonyl (C=O) groups is 1. The summed E-state index contributed by atoms with van der Waals surface area (Å²) in [4.78, 5) is 23.5. The van der Waals surface area contributed by atoms with Gasteiger partial charge < -0.3 is 4.57 Å². The van der Waals surface area contributed by atoms with Crippen LogP contribution in [0.4, 0.5) is 18.3 Å². The Kier molecular flexibility index (Phi) is 6.27. The first kappa shape index (κ1) is 22.0. The molecule has 166 valence electrons. The number of imidazole rings is 1. The summed E-state index contributed by atoms with van der Waals surface area (Å²) in [5.41, 5.74) is 1.37. The molecule has 4 rings (SSSR count). The van der Waals surface area contributed by atoms with Gasteiger partial charge in [-0.2, -0.15) is 13.2 Å². The van der Waals surface area contributed by atoms with E-state index in [1.165, 1.54) is 29.0 Å². The summed E-state index contributed by atoms with van der Waals surface area (Å²) in [6.45, 7) is 3.10. The molecule has 0 aliphatic rings. The van der Waals surface area contributed by atoms with Crippen molar-refractivity contribution in [2.24, 2.45) is 0 Å². The number of benzene rings is 2. The maximum atomic E-state index is 13.3. The van der Waals surface area contributed by atoms with E-state index in [2.05, 4.69) is 23.0 Å². The molecule has 0 saturated heterocycles. The van der Waals surface area contributed by atoms with Crippen molar-refractivity contribution in [3.8, 4) is 0 Å². The zero-order valence-electron chi connectivity index (χ0n) is 17.3. The number of fused-ring (bicyclic) bond motifs is 1. The van der Waals surface area contributed by atoms with Crippen molar-refractivity contribution < 1.29 is 18.0 Å². The molecule has 0 saturated carbocycles. The molecule has 0 atom stereocenters. The molecule has 2 aromatic heterocycles. The number of rotatable bonds is 7. The third-order valence-electron chi connectivity index (χ3n) is 5.14. The van der Waals surface area contributed by atoms with E-state index in [9.17, 15) is 18.0 Å². The molecule has 0 N–H and O–H groups in total. The molecule has 0 radical (unpaired) electrons. The number of amides is 1. The van der Waals surface area contributed by atoms with Gasteiger partial charge in [-0.3, -0.25) is 9.69 Å². The van der Waals surface area contributed by atoms with Crippen molar-refractivity contribution in [1.29, 1.82) is 0 Å². The first-order chi connectivity index (χ1) is 15.3. The third-order valence-corrected chi connectivity index (χ3v) is 6.18. The molecular weight excluding hydrogens is 437 g/mol. The van der Waals surface area contributed by atoms with Crippen molar-refractivity contribution in [3.05, 3.63) is 77.9 Å². The standard InChI is InChI=1S/C23H21F3N4OS/c1-2-16-4-9-19-20(14-16)32-22(28-19)30(12-3-11-29-13-10-27-15-29)21(31)17-5-7-18(8-6-17)23(24,25)26/h4-10,13-15H,2-3,11-12H2,1H3. The van der Waals surface area contributed by atoms with Crippen molar-refractivity contribution in [1.82, 2.24) is 14.5 Å². The second kappa shape index (κ2) is 9.12. The zero-order chi connectivity index (χ0) is 22.7. The van der Waals surface area contributed by atoms with Crippen LogP contribution in [0, 0.1) is 0 Å². The van der Waals surface area contributed by atoms with Gasteiger partial charge in [-0.15, -0.1) is 0 Å². The lowest BCUT2D eigenvalue weighted by atomic mass is 10.1. The zero-order valence-corrected chi connectivity index (χ0v) is 18.2. The fourth-order valence-electron chi connectivity index (χ4n) is 3.36. The normalized spacial score (nSPS) is 11.8. The van der Waals surface area contributed by atoms with E-state index >= 15 is 0 Å². The average Bonchev–Trinajstić information content (AvgIpc) is 3.45. The number of aryl methyl sites for hydroxylation is 2. The molecule has 0 aliphatic carbocycles. The number of nitrogens with zero attached hydrogens (tertiary/aromatic N) is 4. The van der Waals surface area contributed by atoms with Crippen LogP contribution >= 0.6 is 11.3 Å². The Balaban J connectivity index is 1.62. The molecule has 2 heterocycles. The Bertz CT molecular complexity index is 1200. The number of anilines is 1. The minimum atomic E-state index is -4.45. The van der Waals surface area contributed by atoms with Crippen molar-refractivity contribution >= 4 is 32.6 Å². The minimum absolute atomic E-state index is 0.189. The number of alkyl halides is 3. The summed E-state index contributed by atoms with van der Waals surface area (Å²) in [5.74, 6) is -0.376. The van der Waals surface area contributed by atoms with E-state index in [0.29, 0.717) is 24.6 Å². The van der Waals surface area contributed by atoms with E-state index in [0.717, 1.165) is 28.8 Å². The van der Waals surface area contributed by atoms with E-state index < -0.39 is 11.7 Å². The Labute approximate surface area is 187 Å². The van der Waals surface area contributed by atoms with Gasteiger partial charge in [0.15, 0.2) is 5.13 Å². The van der Waals surface area contributed by atoms with Gasteiger partial charge in [-0.25, -0.2) is 9.97 Å². The first-order valence-electron chi connectivity index (χ1n) is 10.2. The van der Waals surface area contributed by atoms with Gasteiger partial charge in [-0.05, 0) is 54.8 Å². The highest BCUT2D eigenvalue weighted by Gasteiger charge is 2.30. The number of hydrogen-bond acceptors (Lipinski definition) is 4. The van der Waals surface area contributed by atoms with E-state index in [4.69, 9.17) is 0 Å². The summed E-state index contributed by atoms with van der Waals surface area (Å²) < 4.78 is 41.6. The van der Waals surface area contributed by atoms with Gasteiger partial charge >= 0.3 is 6.18 Å². The molecule has 0 bridgehead atoms. The SMILES string of the molecule is CCc1ccc2nc(N(CCCn3ccnc3)C(=O)c3ccc(C(F)(F)F)cc3)sc2c1. The number of hydrogen-bond donors (Lipinski definition) is 0. The number of halogens is 3. The number of carbonyl (C=O) groups excluding carboxylic acids is 1. The maximum Gasteiger partial charge on any atom is 0.416 e. The maximum absolute atomic E-state index is 13.3. The van der Waals surface area contributed by atoms with E-state index in [1.54, 1.807) is 17.4 Å². The Morgan fingerprint density at radius 1 is 1.16 bits per heavy atom. The molecule has 1 amide bonds. The molecule has 0 aliphatic heterocycles. The number of aromatic nitrogens is 3. The summed E-state index contributed by atoms with van der Waals surface area (Å²) >= 11 is 1.41. The average molecular weight is 459 g/mol. The largest absolute Gasteiger partial charge is 0.416 e. The molecule has 0 spiro atoms. The van der Waals surface area contributed by atoms with Gasteiger partial charge in [0.1, 0.15) is 0 Å². The minimum Gasteiger partial charge on any atom is -0.337 e. The van der Waals surface area contributed by atoms with Crippen LogP contribution < -0.4 is 4.90 Å². The Hall–Kier alpha value is -3.20. The van der Waals surface area contributed by atoms with Crippen molar-refractivity contribution in [2.75, 3.05) is 11.4 Å². The lowest BCUT2D eigenvalue weighted by Crippen LogP contribution is -2.32. The predicted octanol–water partition coefficient (Wildman–Crippen LogP) is 5.81. The lowest BCUT2D eigenvalue weighted by Gasteiger charge is -2.20. The quantitative estimate of drug-likeness (QED) is 0.351. The topological polar surface area (TPSA) is 51.0 Å². The third kappa shape index (κ3) is 4.83. The van der Waals surface area contributed by atoms with Crippen LogP contribution in [0.2, 0.25) is 0 Å².